The summed E-state index contributed by atoms with van der Waals surface area (Å²) < 4.78 is 48.4. The largest absolute Gasteiger partial charge is 0.506 e. The number of aromatic hydroxyl groups is 1. The number of benzene rings is 2. The molecule has 2 aromatic carbocycles. The zero-order chi connectivity index (χ0) is 21.5. The highest BCUT2D eigenvalue weighted by molar-refractivity contribution is 7.92. The Morgan fingerprint density at radius 2 is 2.10 bits per heavy atom. The standard InChI is InChI=1S/C19H17FN4O5S/c1-29-14-4-2-3-12(7-14)9-23-10-13(8-21-23)15-5-6-16(25)19(18(15)20)24-11-17(26)22-30(24,27)28/h2-8,10,25H,9,11H2,1H3,(H,22,26). The number of halogens is 1. The zero-order valence-electron chi connectivity index (χ0n) is 15.7. The minimum absolute atomic E-state index is 0.0363. The van der Waals surface area contributed by atoms with Crippen LogP contribution in [0, 0.1) is 5.82 Å². The molecule has 1 aromatic heterocycles. The van der Waals surface area contributed by atoms with Gasteiger partial charge < -0.3 is 9.84 Å². The van der Waals surface area contributed by atoms with Crippen molar-refractivity contribution in [3.05, 3.63) is 60.2 Å². The molecule has 1 aliphatic heterocycles. The lowest BCUT2D eigenvalue weighted by molar-refractivity contribution is -0.117. The van der Waals surface area contributed by atoms with Crippen molar-refractivity contribution >= 4 is 21.8 Å². The first-order chi connectivity index (χ1) is 14.3. The second kappa shape index (κ2) is 7.34. The van der Waals surface area contributed by atoms with E-state index in [1.54, 1.807) is 22.7 Å². The lowest BCUT2D eigenvalue weighted by atomic mass is 10.1. The fourth-order valence-corrected chi connectivity index (χ4v) is 4.37. The van der Waals surface area contributed by atoms with Crippen molar-refractivity contribution in [2.45, 2.75) is 6.54 Å². The molecule has 3 aromatic rings. The SMILES string of the molecule is COc1cccc(Cn2cc(-c3ccc(O)c(N4CC(=O)NS4(=O)=O)c3F)cn2)c1. The third-order valence-electron chi connectivity index (χ3n) is 4.59. The van der Waals surface area contributed by atoms with Crippen LogP contribution in [-0.2, 0) is 21.5 Å². The highest BCUT2D eigenvalue weighted by Crippen LogP contribution is 2.38. The van der Waals surface area contributed by atoms with Crippen LogP contribution in [0.25, 0.3) is 11.1 Å². The number of phenolic OH excluding ortho intramolecular Hbond substituents is 1. The molecule has 1 fully saturated rings. The minimum Gasteiger partial charge on any atom is -0.506 e. The predicted molar refractivity (Wildman–Crippen MR) is 106 cm³/mol. The summed E-state index contributed by atoms with van der Waals surface area (Å²) in [5, 5.41) is 14.3. The lowest BCUT2D eigenvalue weighted by Crippen LogP contribution is -2.30. The molecule has 4 rings (SSSR count). The number of nitrogens with zero attached hydrogens (tertiary/aromatic N) is 3. The maximum atomic E-state index is 15.2. The maximum Gasteiger partial charge on any atom is 0.326 e. The molecule has 0 unspecified atom stereocenters. The van der Waals surface area contributed by atoms with E-state index in [2.05, 4.69) is 5.10 Å². The molecule has 0 radical (unpaired) electrons. The van der Waals surface area contributed by atoms with E-state index in [-0.39, 0.29) is 5.56 Å². The van der Waals surface area contributed by atoms with E-state index < -0.39 is 39.9 Å². The molecule has 0 spiro atoms. The molecule has 1 saturated heterocycles. The summed E-state index contributed by atoms with van der Waals surface area (Å²) in [5.74, 6) is -1.69. The molecule has 2 N–H and O–H groups in total. The molecule has 11 heteroatoms. The number of hydrogen-bond acceptors (Lipinski definition) is 6. The van der Waals surface area contributed by atoms with E-state index in [0.717, 1.165) is 5.56 Å². The number of nitrogens with one attached hydrogen (secondary N) is 1. The van der Waals surface area contributed by atoms with E-state index >= 15 is 4.39 Å². The topological polar surface area (TPSA) is 114 Å². The first-order valence-corrected chi connectivity index (χ1v) is 10.2. The number of ether oxygens (including phenoxy) is 1. The smallest absolute Gasteiger partial charge is 0.326 e. The number of carbonyl (C=O) groups is 1. The summed E-state index contributed by atoms with van der Waals surface area (Å²) in [6.45, 7) is -0.214. The lowest BCUT2D eigenvalue weighted by Gasteiger charge is -2.18. The molecule has 0 bridgehead atoms. The zero-order valence-corrected chi connectivity index (χ0v) is 16.6. The van der Waals surface area contributed by atoms with Gasteiger partial charge in [0.05, 0.1) is 19.9 Å². The van der Waals surface area contributed by atoms with E-state index in [0.29, 0.717) is 22.2 Å². The number of anilines is 1. The van der Waals surface area contributed by atoms with Gasteiger partial charge in [0.1, 0.15) is 23.7 Å². The average Bonchev–Trinajstić information content (AvgIpc) is 3.25. The Hall–Kier alpha value is -3.60. The molecular weight excluding hydrogens is 415 g/mol. The number of amides is 1. The van der Waals surface area contributed by atoms with Gasteiger partial charge >= 0.3 is 10.2 Å². The fourth-order valence-electron chi connectivity index (χ4n) is 3.21. The normalized spacial score (nSPS) is 15.3. The number of hydrogen-bond donors (Lipinski definition) is 2. The van der Waals surface area contributed by atoms with E-state index in [1.165, 1.54) is 18.3 Å². The first-order valence-electron chi connectivity index (χ1n) is 8.79. The molecular formula is C19H17FN4O5S. The fraction of sp³-hybridized carbons (Fsp3) is 0.158. The number of rotatable bonds is 5. The number of carbonyl (C=O) groups excluding carboxylic acids is 1. The summed E-state index contributed by atoms with van der Waals surface area (Å²) in [4.78, 5) is 11.5. The van der Waals surface area contributed by atoms with Gasteiger partial charge in [-0.3, -0.25) is 9.48 Å². The third-order valence-corrected chi connectivity index (χ3v) is 5.96. The second-order valence-electron chi connectivity index (χ2n) is 6.61. The van der Waals surface area contributed by atoms with Crippen molar-refractivity contribution < 1.29 is 27.4 Å². The summed E-state index contributed by atoms with van der Waals surface area (Å²) in [6, 6.07) is 9.90. The van der Waals surface area contributed by atoms with Gasteiger partial charge in [0, 0.05) is 17.3 Å². The molecule has 30 heavy (non-hydrogen) atoms. The predicted octanol–water partition coefficient (Wildman–Crippen LogP) is 1.63. The van der Waals surface area contributed by atoms with Gasteiger partial charge in [0.25, 0.3) is 5.91 Å². The van der Waals surface area contributed by atoms with Crippen molar-refractivity contribution in [1.29, 1.82) is 0 Å². The average molecular weight is 432 g/mol. The van der Waals surface area contributed by atoms with Crippen molar-refractivity contribution in [1.82, 2.24) is 14.5 Å². The van der Waals surface area contributed by atoms with Crippen molar-refractivity contribution in [2.75, 3.05) is 18.0 Å². The minimum atomic E-state index is -4.27. The quantitative estimate of drug-likeness (QED) is 0.634. The van der Waals surface area contributed by atoms with Gasteiger partial charge in [-0.05, 0) is 29.8 Å². The highest BCUT2D eigenvalue weighted by Gasteiger charge is 2.38. The van der Waals surface area contributed by atoms with E-state index in [9.17, 15) is 18.3 Å². The van der Waals surface area contributed by atoms with Crippen molar-refractivity contribution in [3.63, 3.8) is 0 Å². The molecule has 156 valence electrons. The molecule has 0 saturated carbocycles. The molecule has 9 nitrogen and oxygen atoms in total. The maximum absolute atomic E-state index is 15.2. The Morgan fingerprint density at radius 1 is 1.30 bits per heavy atom. The molecule has 1 amide bonds. The van der Waals surface area contributed by atoms with Crippen LogP contribution in [-0.4, -0.2) is 42.9 Å². The van der Waals surface area contributed by atoms with Gasteiger partial charge in [0.15, 0.2) is 5.82 Å². The van der Waals surface area contributed by atoms with Crippen LogP contribution in [0.4, 0.5) is 10.1 Å². The molecule has 1 aliphatic rings. The van der Waals surface area contributed by atoms with Crippen LogP contribution in [0.15, 0.2) is 48.8 Å². The second-order valence-corrected chi connectivity index (χ2v) is 8.20. The van der Waals surface area contributed by atoms with Crippen LogP contribution in [0.1, 0.15) is 5.56 Å². The number of phenols is 1. The molecule has 2 heterocycles. The first kappa shape index (κ1) is 19.7. The van der Waals surface area contributed by atoms with Gasteiger partial charge in [-0.2, -0.15) is 13.5 Å². The third kappa shape index (κ3) is 3.54. The van der Waals surface area contributed by atoms with Crippen LogP contribution in [0.3, 0.4) is 0 Å². The van der Waals surface area contributed by atoms with Crippen molar-refractivity contribution in [2.24, 2.45) is 0 Å². The number of methoxy groups -OCH3 is 1. The van der Waals surface area contributed by atoms with Crippen LogP contribution >= 0.6 is 0 Å². The Bertz CT molecular complexity index is 1240. The Balaban J connectivity index is 1.68. The molecule has 0 atom stereocenters. The van der Waals surface area contributed by atoms with Crippen molar-refractivity contribution in [3.8, 4) is 22.6 Å². The van der Waals surface area contributed by atoms with Gasteiger partial charge in [-0.15, -0.1) is 0 Å². The van der Waals surface area contributed by atoms with Gasteiger partial charge in [-0.1, -0.05) is 12.1 Å². The summed E-state index contributed by atoms with van der Waals surface area (Å²) >= 11 is 0. The Kier molecular flexibility index (Phi) is 4.82. The van der Waals surface area contributed by atoms with E-state index in [4.69, 9.17) is 4.74 Å². The van der Waals surface area contributed by atoms with Gasteiger partial charge in [0.2, 0.25) is 0 Å². The van der Waals surface area contributed by atoms with Crippen LogP contribution in [0.5, 0.6) is 11.5 Å². The highest BCUT2D eigenvalue weighted by atomic mass is 32.2. The Morgan fingerprint density at radius 3 is 2.80 bits per heavy atom. The monoisotopic (exact) mass is 432 g/mol. The summed E-state index contributed by atoms with van der Waals surface area (Å²) in [7, 11) is -2.70. The van der Waals surface area contributed by atoms with Crippen LogP contribution in [0.2, 0.25) is 0 Å². The summed E-state index contributed by atoms with van der Waals surface area (Å²) in [5.41, 5.74) is 0.747. The summed E-state index contributed by atoms with van der Waals surface area (Å²) in [6.07, 6.45) is 3.03. The van der Waals surface area contributed by atoms with Gasteiger partial charge in [-0.25, -0.2) is 13.4 Å². The number of aromatic nitrogens is 2. The van der Waals surface area contributed by atoms with Crippen LogP contribution < -0.4 is 13.8 Å². The Labute approximate surface area is 171 Å². The van der Waals surface area contributed by atoms with E-state index in [1.807, 2.05) is 24.3 Å². The molecule has 0 aliphatic carbocycles.